The van der Waals surface area contributed by atoms with E-state index in [0.717, 1.165) is 65.1 Å². The Hall–Kier alpha value is -0.650. The Balaban J connectivity index is 1.83. The van der Waals surface area contributed by atoms with Crippen molar-refractivity contribution in [2.45, 2.75) is 45.3 Å². The molecular weight excluding hydrogens is 254 g/mol. The summed E-state index contributed by atoms with van der Waals surface area (Å²) < 4.78 is 5.82. The number of likely N-dealkylation sites (N-methyl/N-ethyl adjacent to an activating group) is 1. The second-order valence-corrected chi connectivity index (χ2v) is 5.82. The Bertz CT molecular complexity index is 311. The molecule has 0 aliphatic carbocycles. The zero-order valence-corrected chi connectivity index (χ0v) is 12.9. The Morgan fingerprint density at radius 1 is 1.35 bits per heavy atom. The number of hydrogen-bond donors (Lipinski definition) is 1. The summed E-state index contributed by atoms with van der Waals surface area (Å²) in [5.41, 5.74) is 0. The van der Waals surface area contributed by atoms with Gasteiger partial charge in [0.25, 0.3) is 0 Å². The lowest BCUT2D eigenvalue weighted by molar-refractivity contribution is -0.139. The second-order valence-electron chi connectivity index (χ2n) is 5.82. The van der Waals surface area contributed by atoms with Crippen LogP contribution >= 0.6 is 0 Å². The lowest BCUT2D eigenvalue weighted by atomic mass is 10.0. The van der Waals surface area contributed by atoms with Gasteiger partial charge in [-0.1, -0.05) is 13.8 Å². The molecule has 2 heterocycles. The summed E-state index contributed by atoms with van der Waals surface area (Å²) in [7, 11) is 0. The number of hydrogen-bond acceptors (Lipinski definition) is 4. The van der Waals surface area contributed by atoms with Crippen molar-refractivity contribution in [3.05, 3.63) is 0 Å². The van der Waals surface area contributed by atoms with Crippen molar-refractivity contribution in [3.63, 3.8) is 0 Å². The van der Waals surface area contributed by atoms with Crippen molar-refractivity contribution in [2.24, 2.45) is 0 Å². The van der Waals surface area contributed by atoms with Gasteiger partial charge in [-0.05, 0) is 32.4 Å². The molecule has 2 atom stereocenters. The molecule has 5 heteroatoms. The molecule has 2 fully saturated rings. The molecule has 1 amide bonds. The fraction of sp³-hybridized carbons (Fsp3) is 0.933. The van der Waals surface area contributed by atoms with Crippen LogP contribution in [0.5, 0.6) is 0 Å². The van der Waals surface area contributed by atoms with Crippen molar-refractivity contribution < 1.29 is 9.53 Å². The summed E-state index contributed by atoms with van der Waals surface area (Å²) in [5.74, 6) is 0.266. The van der Waals surface area contributed by atoms with Crippen LogP contribution in [0.25, 0.3) is 0 Å². The van der Waals surface area contributed by atoms with E-state index < -0.39 is 0 Å². The molecule has 116 valence electrons. The third-order valence-electron chi connectivity index (χ3n) is 4.27. The number of carbonyl (C=O) groups excluding carboxylic acids is 1. The first-order valence-corrected chi connectivity index (χ1v) is 8.10. The minimum absolute atomic E-state index is 0.0227. The highest BCUT2D eigenvalue weighted by Gasteiger charge is 2.31. The van der Waals surface area contributed by atoms with E-state index in [1.807, 2.05) is 4.90 Å². The second kappa shape index (κ2) is 7.96. The van der Waals surface area contributed by atoms with E-state index in [2.05, 4.69) is 24.1 Å². The van der Waals surface area contributed by atoms with Crippen LogP contribution < -0.4 is 5.32 Å². The van der Waals surface area contributed by atoms with Gasteiger partial charge < -0.3 is 15.0 Å². The number of rotatable bonds is 6. The smallest absolute Gasteiger partial charge is 0.239 e. The van der Waals surface area contributed by atoms with E-state index >= 15 is 0 Å². The van der Waals surface area contributed by atoms with E-state index in [0.29, 0.717) is 0 Å². The molecule has 2 rings (SSSR count). The zero-order chi connectivity index (χ0) is 14.4. The molecule has 20 heavy (non-hydrogen) atoms. The number of piperidine rings is 1. The number of nitrogens with zero attached hydrogens (tertiary/aromatic N) is 2. The largest absolute Gasteiger partial charge is 0.374 e. The Labute approximate surface area is 122 Å². The van der Waals surface area contributed by atoms with Crippen molar-refractivity contribution >= 4 is 5.91 Å². The van der Waals surface area contributed by atoms with Crippen LogP contribution in [-0.2, 0) is 9.53 Å². The molecule has 1 N–H and O–H groups in total. The van der Waals surface area contributed by atoms with Crippen molar-refractivity contribution in [1.29, 1.82) is 0 Å². The van der Waals surface area contributed by atoms with Crippen LogP contribution in [-0.4, -0.2) is 73.7 Å². The van der Waals surface area contributed by atoms with Gasteiger partial charge in [-0.25, -0.2) is 0 Å². The number of amides is 1. The van der Waals surface area contributed by atoms with E-state index in [1.165, 1.54) is 0 Å². The quantitative estimate of drug-likeness (QED) is 0.779. The van der Waals surface area contributed by atoms with Gasteiger partial charge in [0.2, 0.25) is 5.91 Å². The summed E-state index contributed by atoms with van der Waals surface area (Å²) in [6.07, 6.45) is 3.32. The zero-order valence-electron chi connectivity index (χ0n) is 12.9. The molecule has 0 aromatic heterocycles. The maximum atomic E-state index is 12.5. The van der Waals surface area contributed by atoms with Crippen LogP contribution in [0.3, 0.4) is 0 Å². The molecule has 0 aromatic rings. The number of morpholine rings is 1. The molecule has 5 nitrogen and oxygen atoms in total. The highest BCUT2D eigenvalue weighted by Crippen LogP contribution is 2.14. The molecule has 0 radical (unpaired) electrons. The normalized spacial score (nSPS) is 28.9. The molecule has 0 bridgehead atoms. The summed E-state index contributed by atoms with van der Waals surface area (Å²) in [6, 6.07) is 0.0227. The number of ether oxygens (including phenoxy) is 1. The SMILES string of the molecule is CCCNC1CCCN(CC2CN(CC)CCO2)C1=O. The van der Waals surface area contributed by atoms with Crippen molar-refractivity contribution in [2.75, 3.05) is 45.9 Å². The van der Waals surface area contributed by atoms with Gasteiger partial charge in [0.1, 0.15) is 0 Å². The fourth-order valence-electron chi connectivity index (χ4n) is 3.05. The molecule has 2 unspecified atom stereocenters. The highest BCUT2D eigenvalue weighted by molar-refractivity contribution is 5.82. The van der Waals surface area contributed by atoms with E-state index in [-0.39, 0.29) is 18.1 Å². The van der Waals surface area contributed by atoms with Crippen LogP contribution in [0, 0.1) is 0 Å². The topological polar surface area (TPSA) is 44.8 Å². The first-order chi connectivity index (χ1) is 9.74. The molecule has 2 saturated heterocycles. The number of carbonyl (C=O) groups is 1. The first-order valence-electron chi connectivity index (χ1n) is 8.10. The number of likely N-dealkylation sites (tertiary alicyclic amines) is 1. The van der Waals surface area contributed by atoms with Crippen molar-refractivity contribution in [1.82, 2.24) is 15.1 Å². The lowest BCUT2D eigenvalue weighted by Gasteiger charge is -2.38. The fourth-order valence-corrected chi connectivity index (χ4v) is 3.05. The van der Waals surface area contributed by atoms with Crippen LogP contribution in [0.15, 0.2) is 0 Å². The van der Waals surface area contributed by atoms with Gasteiger partial charge >= 0.3 is 0 Å². The summed E-state index contributed by atoms with van der Waals surface area (Å²) in [6.45, 7) is 10.7. The summed E-state index contributed by atoms with van der Waals surface area (Å²) >= 11 is 0. The Kier molecular flexibility index (Phi) is 6.26. The van der Waals surface area contributed by atoms with Gasteiger partial charge in [0, 0.05) is 26.2 Å². The van der Waals surface area contributed by atoms with Gasteiger partial charge in [0.05, 0.1) is 18.8 Å². The molecule has 2 aliphatic rings. The third-order valence-corrected chi connectivity index (χ3v) is 4.27. The van der Waals surface area contributed by atoms with E-state index in [1.54, 1.807) is 0 Å². The Morgan fingerprint density at radius 2 is 2.20 bits per heavy atom. The van der Waals surface area contributed by atoms with Gasteiger partial charge in [0.15, 0.2) is 0 Å². The predicted molar refractivity (Wildman–Crippen MR) is 79.7 cm³/mol. The summed E-state index contributed by atoms with van der Waals surface area (Å²) in [4.78, 5) is 16.8. The van der Waals surface area contributed by atoms with Crippen LogP contribution in [0.1, 0.15) is 33.1 Å². The van der Waals surface area contributed by atoms with Crippen LogP contribution in [0.2, 0.25) is 0 Å². The van der Waals surface area contributed by atoms with Gasteiger partial charge in [-0.2, -0.15) is 0 Å². The maximum Gasteiger partial charge on any atom is 0.239 e. The van der Waals surface area contributed by atoms with Gasteiger partial charge in [-0.3, -0.25) is 9.69 Å². The maximum absolute atomic E-state index is 12.5. The molecular formula is C15H29N3O2. The average molecular weight is 283 g/mol. The Morgan fingerprint density at radius 3 is 2.95 bits per heavy atom. The lowest BCUT2D eigenvalue weighted by Crippen LogP contribution is -2.55. The van der Waals surface area contributed by atoms with Gasteiger partial charge in [-0.15, -0.1) is 0 Å². The predicted octanol–water partition coefficient (Wildman–Crippen LogP) is 0.698. The van der Waals surface area contributed by atoms with Crippen molar-refractivity contribution in [3.8, 4) is 0 Å². The minimum atomic E-state index is 0.0227. The highest BCUT2D eigenvalue weighted by atomic mass is 16.5. The van der Waals surface area contributed by atoms with E-state index in [4.69, 9.17) is 4.74 Å². The number of nitrogens with one attached hydrogen (secondary N) is 1. The minimum Gasteiger partial charge on any atom is -0.374 e. The molecule has 0 saturated carbocycles. The monoisotopic (exact) mass is 283 g/mol. The molecule has 0 aromatic carbocycles. The third kappa shape index (κ3) is 4.17. The van der Waals surface area contributed by atoms with Crippen LogP contribution in [0.4, 0.5) is 0 Å². The first kappa shape index (κ1) is 15.7. The van der Waals surface area contributed by atoms with E-state index in [9.17, 15) is 4.79 Å². The molecule has 2 aliphatic heterocycles. The summed E-state index contributed by atoms with van der Waals surface area (Å²) in [5, 5.41) is 3.37. The standard InChI is InChI=1S/C15H29N3O2/c1-3-7-16-14-6-5-8-18(15(14)19)12-13-11-17(4-2)9-10-20-13/h13-14,16H,3-12H2,1-2H3. The molecule has 0 spiro atoms. The average Bonchev–Trinajstić information content (AvgIpc) is 2.48.